The molecule has 0 aliphatic carbocycles. The number of carbonyl (C=O) groups excluding carboxylic acids is 2. The largest absolute Gasteiger partial charge is 0.481 e. The van der Waals surface area contributed by atoms with E-state index in [1.807, 2.05) is 55.4 Å². The fourth-order valence-electron chi connectivity index (χ4n) is 11.4. The summed E-state index contributed by atoms with van der Waals surface area (Å²) in [6.45, 7) is 25.1. The fraction of sp³-hybridized carbons (Fsp3) is 0.923. The van der Waals surface area contributed by atoms with Crippen molar-refractivity contribution in [3.05, 3.63) is 0 Å². The van der Waals surface area contributed by atoms with Crippen LogP contribution in [0.25, 0.3) is 0 Å². The Balaban J connectivity index is 2.65. The van der Waals surface area contributed by atoms with Crippen LogP contribution in [0.4, 0.5) is 0 Å². The highest BCUT2D eigenvalue weighted by Crippen LogP contribution is 2.51. The van der Waals surface area contributed by atoms with Gasteiger partial charge in [-0.1, -0.05) is 137 Å². The molecule has 0 aromatic rings. The van der Waals surface area contributed by atoms with Crippen LogP contribution in [0.15, 0.2) is 0 Å². The second-order valence-corrected chi connectivity index (χ2v) is 23.5. The normalized spacial score (nSPS) is 21.1. The molecule has 11 heteroatoms. The summed E-state index contributed by atoms with van der Waals surface area (Å²) in [5, 5.41) is 42.1. The van der Waals surface area contributed by atoms with Gasteiger partial charge in [0, 0.05) is 47.8 Å². The maximum absolute atomic E-state index is 15.5. The number of carbonyl (C=O) groups is 4. The zero-order valence-electron chi connectivity index (χ0n) is 42.4. The molecule has 0 saturated carbocycles. The van der Waals surface area contributed by atoms with E-state index in [1.54, 1.807) is 0 Å². The summed E-state index contributed by atoms with van der Waals surface area (Å²) in [5.41, 5.74) is -6.88. The third-order valence-corrected chi connectivity index (χ3v) is 13.7. The number of hydrogen-bond acceptors (Lipinski definition) is 9. The Labute approximate surface area is 384 Å². The van der Waals surface area contributed by atoms with Gasteiger partial charge in [0.05, 0.1) is 12.3 Å². The molecule has 2 fully saturated rings. The molecule has 3 atom stereocenters. The van der Waals surface area contributed by atoms with Gasteiger partial charge in [-0.3, -0.25) is 14.4 Å². The van der Waals surface area contributed by atoms with Crippen molar-refractivity contribution >= 4 is 23.9 Å². The topological polar surface area (TPSA) is 171 Å². The number of nitrogens with one attached hydrogen (secondary N) is 2. The predicted molar refractivity (Wildman–Crippen MR) is 254 cm³/mol. The first-order valence-corrected chi connectivity index (χ1v) is 25.3. The van der Waals surface area contributed by atoms with Crippen molar-refractivity contribution in [1.82, 2.24) is 10.6 Å². The number of rotatable bonds is 31. The van der Waals surface area contributed by atoms with Crippen molar-refractivity contribution in [3.8, 4) is 0 Å². The average Bonchev–Trinajstić information content (AvgIpc) is 3.10. The average molecular weight is 893 g/mol. The van der Waals surface area contributed by atoms with Crippen LogP contribution >= 0.6 is 0 Å². The molecule has 2 aliphatic rings. The monoisotopic (exact) mass is 893 g/mol. The minimum absolute atomic E-state index is 0.229. The molecule has 0 radical (unpaired) electrons. The lowest BCUT2D eigenvalue weighted by Gasteiger charge is -2.50. The number of ether oxygens (including phenoxy) is 2. The van der Waals surface area contributed by atoms with E-state index >= 15 is 9.59 Å². The summed E-state index contributed by atoms with van der Waals surface area (Å²) in [7, 11) is 0. The summed E-state index contributed by atoms with van der Waals surface area (Å²) in [4.78, 5) is 57.0. The number of piperidine rings is 2. The molecule has 0 bridgehead atoms. The molecule has 5 N–H and O–H groups in total. The number of hydrogen-bond donors (Lipinski definition) is 5. The Bertz CT molecular complexity index is 1380. The highest BCUT2D eigenvalue weighted by Gasteiger charge is 2.68. The zero-order valence-corrected chi connectivity index (χ0v) is 42.4. The molecule has 0 spiro atoms. The van der Waals surface area contributed by atoms with Gasteiger partial charge in [0.1, 0.15) is 17.6 Å². The van der Waals surface area contributed by atoms with Gasteiger partial charge in [0.15, 0.2) is 5.60 Å². The van der Waals surface area contributed by atoms with Crippen molar-refractivity contribution in [3.63, 3.8) is 0 Å². The standard InChI is InChI=1S/C52H96N2O9/c1-38(2)29-25-21-17-13-15-19-23-27-31-51(42(44(57)58)33-43(55)56,45(59)62-40-34-47(5,6)53-48(7,8)35-40)52(61,32-28-24-20-16-14-18-22-26-30-39(3)4)46(60)63-41-36-49(9,10)54-50(11,12)37-41/h38-42,53-54,61H,13-37H2,1-12H3,(H,55,56)(H,57,58). The quantitative estimate of drug-likeness (QED) is 0.0331. The van der Waals surface area contributed by atoms with Crippen LogP contribution in [0.1, 0.15) is 244 Å². The number of aliphatic hydroxyl groups is 1. The molecule has 2 aliphatic heterocycles. The SMILES string of the molecule is CC(C)CCCCCCCCCCC(O)(C(=O)OC1CC(C)(C)NC(C)(C)C1)C(CCCCCCCCCCC(C)C)(C(=O)OC1CC(C)(C)NC(C)(C)C1)C(CC(=O)O)C(=O)O. The minimum atomic E-state index is -2.69. The second kappa shape index (κ2) is 25.6. The van der Waals surface area contributed by atoms with Crippen molar-refractivity contribution in [2.45, 2.75) is 284 Å². The van der Waals surface area contributed by atoms with Gasteiger partial charge in [-0.15, -0.1) is 0 Å². The van der Waals surface area contributed by atoms with E-state index in [0.29, 0.717) is 63.2 Å². The van der Waals surface area contributed by atoms with Crippen LogP contribution in [0.5, 0.6) is 0 Å². The Morgan fingerprint density at radius 1 is 0.524 bits per heavy atom. The van der Waals surface area contributed by atoms with Gasteiger partial charge in [-0.25, -0.2) is 4.79 Å². The third kappa shape index (κ3) is 19.6. The van der Waals surface area contributed by atoms with E-state index in [4.69, 9.17) is 9.47 Å². The van der Waals surface area contributed by atoms with Gasteiger partial charge in [-0.05, 0) is 86.5 Å². The van der Waals surface area contributed by atoms with E-state index in [-0.39, 0.29) is 12.8 Å². The maximum atomic E-state index is 15.5. The second-order valence-electron chi connectivity index (χ2n) is 23.5. The Hall–Kier alpha value is -2.24. The highest BCUT2D eigenvalue weighted by molar-refractivity contribution is 5.95. The van der Waals surface area contributed by atoms with Crippen LogP contribution in [0.3, 0.4) is 0 Å². The number of unbranched alkanes of at least 4 members (excludes halogenated alkanes) is 14. The molecule has 0 amide bonds. The molecule has 2 saturated heterocycles. The lowest BCUT2D eigenvalue weighted by atomic mass is 9.58. The minimum Gasteiger partial charge on any atom is -0.481 e. The van der Waals surface area contributed by atoms with Crippen LogP contribution in [-0.4, -0.2) is 79.2 Å². The number of carboxylic acid groups (broad SMARTS) is 2. The van der Waals surface area contributed by atoms with E-state index in [9.17, 15) is 24.9 Å². The molecular formula is C52H96N2O9. The highest BCUT2D eigenvalue weighted by atomic mass is 16.6. The van der Waals surface area contributed by atoms with E-state index in [0.717, 1.165) is 51.4 Å². The molecule has 0 aromatic carbocycles. The Kier molecular flexibility index (Phi) is 23.1. The summed E-state index contributed by atoms with van der Waals surface area (Å²) >= 11 is 0. The van der Waals surface area contributed by atoms with Crippen LogP contribution in [-0.2, 0) is 28.7 Å². The number of carboxylic acids is 2. The Morgan fingerprint density at radius 2 is 0.841 bits per heavy atom. The van der Waals surface area contributed by atoms with Crippen molar-refractivity contribution in [2.24, 2.45) is 23.2 Å². The van der Waals surface area contributed by atoms with Gasteiger partial charge < -0.3 is 35.4 Å². The molecule has 0 aromatic heterocycles. The van der Waals surface area contributed by atoms with Crippen molar-refractivity contribution < 1.29 is 44.0 Å². The summed E-state index contributed by atoms with van der Waals surface area (Å²) < 4.78 is 12.8. The van der Waals surface area contributed by atoms with Crippen molar-refractivity contribution in [1.29, 1.82) is 0 Å². The first-order chi connectivity index (χ1) is 29.2. The molecular weight excluding hydrogens is 797 g/mol. The fourth-order valence-corrected chi connectivity index (χ4v) is 11.4. The molecule has 63 heavy (non-hydrogen) atoms. The number of aliphatic carboxylic acids is 2. The lowest BCUT2D eigenvalue weighted by Crippen LogP contribution is -2.66. The molecule has 11 nitrogen and oxygen atoms in total. The summed E-state index contributed by atoms with van der Waals surface area (Å²) in [5.74, 6) is -5.67. The van der Waals surface area contributed by atoms with Gasteiger partial charge in [0.2, 0.25) is 0 Å². The van der Waals surface area contributed by atoms with Gasteiger partial charge in [0.25, 0.3) is 0 Å². The smallest absolute Gasteiger partial charge is 0.339 e. The lowest BCUT2D eigenvalue weighted by molar-refractivity contribution is -0.220. The molecule has 2 rings (SSSR count). The first-order valence-electron chi connectivity index (χ1n) is 25.3. The third-order valence-electron chi connectivity index (χ3n) is 13.7. The zero-order chi connectivity index (χ0) is 47.7. The first kappa shape index (κ1) is 56.9. The number of esters is 2. The van der Waals surface area contributed by atoms with Crippen LogP contribution in [0, 0.1) is 23.2 Å². The van der Waals surface area contributed by atoms with Crippen molar-refractivity contribution in [2.75, 3.05) is 0 Å². The molecule has 368 valence electrons. The molecule has 3 unspecified atom stereocenters. The van der Waals surface area contributed by atoms with Gasteiger partial charge in [-0.2, -0.15) is 0 Å². The van der Waals surface area contributed by atoms with E-state index in [1.165, 1.54) is 38.5 Å². The molecule has 2 heterocycles. The summed E-state index contributed by atoms with van der Waals surface area (Å²) in [6.07, 6.45) is 16.0. The summed E-state index contributed by atoms with van der Waals surface area (Å²) in [6, 6.07) is 0. The Morgan fingerprint density at radius 3 is 1.17 bits per heavy atom. The van der Waals surface area contributed by atoms with Gasteiger partial charge >= 0.3 is 23.9 Å². The maximum Gasteiger partial charge on any atom is 0.339 e. The van der Waals surface area contributed by atoms with Crippen LogP contribution in [0.2, 0.25) is 0 Å². The van der Waals surface area contributed by atoms with E-state index in [2.05, 4.69) is 38.3 Å². The van der Waals surface area contributed by atoms with E-state index < -0.39 is 81.6 Å². The predicted octanol–water partition coefficient (Wildman–Crippen LogP) is 11.7. The van der Waals surface area contributed by atoms with Crippen LogP contribution < -0.4 is 10.6 Å².